The van der Waals surface area contributed by atoms with Gasteiger partial charge in [-0.1, -0.05) is 70.4 Å². The van der Waals surface area contributed by atoms with Gasteiger partial charge >= 0.3 is 5.97 Å². The Morgan fingerprint density at radius 1 is 1.03 bits per heavy atom. The largest absolute Gasteiger partial charge is 0.489 e. The summed E-state index contributed by atoms with van der Waals surface area (Å²) in [6.07, 6.45) is 6.13. The molecule has 32 heavy (non-hydrogen) atoms. The van der Waals surface area contributed by atoms with Crippen LogP contribution in [0.3, 0.4) is 0 Å². The Hall–Kier alpha value is -2.88. The first kappa shape index (κ1) is 23.8. The monoisotopic (exact) mass is 433 g/mol. The minimum atomic E-state index is -0.295. The fraction of sp³-hybridized carbons (Fsp3) is 0.429. The maximum Gasteiger partial charge on any atom is 0.340 e. The summed E-state index contributed by atoms with van der Waals surface area (Å²) >= 11 is 0. The molecule has 0 saturated heterocycles. The summed E-state index contributed by atoms with van der Waals surface area (Å²) in [5.74, 6) is 0.881. The number of aryl methyl sites for hydroxylation is 1. The number of hydrogen-bond acceptors (Lipinski definition) is 4. The number of nitrogens with zero attached hydrogens (tertiary/aromatic N) is 1. The Morgan fingerprint density at radius 3 is 2.50 bits per heavy atom. The minimum absolute atomic E-state index is 0.295. The first-order chi connectivity index (χ1) is 15.5. The summed E-state index contributed by atoms with van der Waals surface area (Å²) in [5.41, 5.74) is 4.55. The van der Waals surface area contributed by atoms with Crippen molar-refractivity contribution in [3.63, 3.8) is 0 Å². The summed E-state index contributed by atoms with van der Waals surface area (Å²) in [4.78, 5) is 17.8. The van der Waals surface area contributed by atoms with Crippen molar-refractivity contribution >= 4 is 16.9 Å². The van der Waals surface area contributed by atoms with Crippen LogP contribution >= 0.6 is 0 Å². The zero-order valence-corrected chi connectivity index (χ0v) is 19.8. The van der Waals surface area contributed by atoms with Crippen LogP contribution in [0.25, 0.3) is 10.9 Å². The highest BCUT2D eigenvalue weighted by Crippen LogP contribution is 2.31. The standard InChI is InChI=1S/C28H35NO3/c1-5-6-7-11-14-23-24-18-22(32-19-21-12-9-8-10-13-21)15-16-25(24)29-26(17-20(2)3)27(23)28(30)31-4/h8-10,12-13,15-16,18,20H,5-7,11,14,17,19H2,1-4H3. The molecule has 0 amide bonds. The molecule has 3 aromatic rings. The van der Waals surface area contributed by atoms with E-state index < -0.39 is 0 Å². The van der Waals surface area contributed by atoms with Crippen molar-refractivity contribution < 1.29 is 14.3 Å². The molecule has 0 N–H and O–H groups in total. The first-order valence-electron chi connectivity index (χ1n) is 11.7. The molecule has 0 atom stereocenters. The van der Waals surface area contributed by atoms with Crippen LogP contribution in [0.15, 0.2) is 48.5 Å². The van der Waals surface area contributed by atoms with E-state index in [1.54, 1.807) is 0 Å². The average Bonchev–Trinajstić information content (AvgIpc) is 2.80. The van der Waals surface area contributed by atoms with Crippen LogP contribution in [0.1, 0.15) is 73.6 Å². The van der Waals surface area contributed by atoms with Gasteiger partial charge in [0.15, 0.2) is 0 Å². The van der Waals surface area contributed by atoms with Gasteiger partial charge in [0.2, 0.25) is 0 Å². The third-order valence-electron chi connectivity index (χ3n) is 5.66. The topological polar surface area (TPSA) is 48.4 Å². The van der Waals surface area contributed by atoms with E-state index in [2.05, 4.69) is 32.9 Å². The van der Waals surface area contributed by atoms with E-state index >= 15 is 0 Å². The number of ether oxygens (including phenoxy) is 2. The summed E-state index contributed by atoms with van der Waals surface area (Å²) in [6, 6.07) is 16.1. The van der Waals surface area contributed by atoms with Gasteiger partial charge in [0.1, 0.15) is 12.4 Å². The van der Waals surface area contributed by atoms with Gasteiger partial charge in [-0.2, -0.15) is 0 Å². The number of carbonyl (C=O) groups excluding carboxylic acids is 1. The third kappa shape index (κ3) is 6.09. The summed E-state index contributed by atoms with van der Waals surface area (Å²) in [7, 11) is 1.45. The lowest BCUT2D eigenvalue weighted by atomic mass is 9.92. The van der Waals surface area contributed by atoms with Crippen LogP contribution in [-0.2, 0) is 24.2 Å². The molecule has 1 aromatic heterocycles. The number of methoxy groups -OCH3 is 1. The second-order valence-corrected chi connectivity index (χ2v) is 8.77. The van der Waals surface area contributed by atoms with Crippen molar-refractivity contribution in [2.45, 2.75) is 65.9 Å². The lowest BCUT2D eigenvalue weighted by Gasteiger charge is -2.18. The van der Waals surface area contributed by atoms with E-state index in [0.717, 1.165) is 59.2 Å². The van der Waals surface area contributed by atoms with Crippen LogP contribution in [0.2, 0.25) is 0 Å². The Morgan fingerprint density at radius 2 is 1.81 bits per heavy atom. The summed E-state index contributed by atoms with van der Waals surface area (Å²) in [5, 5.41) is 0.986. The molecule has 0 aliphatic heterocycles. The van der Waals surface area contributed by atoms with E-state index in [4.69, 9.17) is 14.5 Å². The average molecular weight is 434 g/mol. The molecule has 2 aromatic carbocycles. The molecule has 0 saturated carbocycles. The summed E-state index contributed by atoms with van der Waals surface area (Å²) < 4.78 is 11.3. The van der Waals surface area contributed by atoms with Crippen molar-refractivity contribution in [3.8, 4) is 5.75 Å². The Labute approximate surface area is 192 Å². The van der Waals surface area contributed by atoms with Crippen molar-refractivity contribution in [2.24, 2.45) is 5.92 Å². The van der Waals surface area contributed by atoms with Gasteiger partial charge in [0, 0.05) is 5.39 Å². The van der Waals surface area contributed by atoms with E-state index in [-0.39, 0.29) is 5.97 Å². The highest BCUT2D eigenvalue weighted by Gasteiger charge is 2.22. The quantitative estimate of drug-likeness (QED) is 0.243. The SMILES string of the molecule is CCCCCCc1c(C(=O)OC)c(CC(C)C)nc2ccc(OCc3ccccc3)cc12. The number of rotatable bonds is 11. The number of pyridine rings is 1. The van der Waals surface area contributed by atoms with Crippen molar-refractivity contribution in [2.75, 3.05) is 7.11 Å². The Bertz CT molecular complexity index is 1030. The van der Waals surface area contributed by atoms with E-state index in [1.165, 1.54) is 20.0 Å². The van der Waals surface area contributed by atoms with Gasteiger partial charge in [-0.3, -0.25) is 4.98 Å². The highest BCUT2D eigenvalue weighted by atomic mass is 16.5. The molecule has 1 heterocycles. The van der Waals surface area contributed by atoms with Crippen molar-refractivity contribution in [1.29, 1.82) is 0 Å². The molecule has 0 aliphatic carbocycles. The molecule has 0 spiro atoms. The fourth-order valence-electron chi connectivity index (χ4n) is 4.06. The van der Waals surface area contributed by atoms with Gasteiger partial charge in [0.05, 0.1) is 23.9 Å². The second kappa shape index (κ2) is 11.7. The number of unbranched alkanes of at least 4 members (excludes halogenated alkanes) is 3. The Kier molecular flexibility index (Phi) is 8.66. The molecule has 0 fully saturated rings. The molecular formula is C28H35NO3. The normalized spacial score (nSPS) is 11.2. The smallest absolute Gasteiger partial charge is 0.340 e. The lowest BCUT2D eigenvalue weighted by Crippen LogP contribution is -2.14. The minimum Gasteiger partial charge on any atom is -0.489 e. The zero-order valence-electron chi connectivity index (χ0n) is 19.8. The van der Waals surface area contributed by atoms with Crippen LogP contribution in [0.5, 0.6) is 5.75 Å². The number of fused-ring (bicyclic) bond motifs is 1. The van der Waals surface area contributed by atoms with Gasteiger partial charge in [0.25, 0.3) is 0 Å². The number of aromatic nitrogens is 1. The Balaban J connectivity index is 2.04. The van der Waals surface area contributed by atoms with Crippen molar-refractivity contribution in [3.05, 3.63) is 70.9 Å². The fourth-order valence-corrected chi connectivity index (χ4v) is 4.06. The van der Waals surface area contributed by atoms with E-state index in [0.29, 0.717) is 18.1 Å². The molecule has 4 heteroatoms. The van der Waals surface area contributed by atoms with Crippen LogP contribution in [0.4, 0.5) is 0 Å². The second-order valence-electron chi connectivity index (χ2n) is 8.77. The predicted octanol–water partition coefficient (Wildman–Crippen LogP) is 6.92. The van der Waals surface area contributed by atoms with Gasteiger partial charge < -0.3 is 9.47 Å². The molecule has 0 radical (unpaired) electrons. The third-order valence-corrected chi connectivity index (χ3v) is 5.66. The number of carbonyl (C=O) groups is 1. The number of benzene rings is 2. The predicted molar refractivity (Wildman–Crippen MR) is 130 cm³/mol. The summed E-state index contributed by atoms with van der Waals surface area (Å²) in [6.45, 7) is 7.00. The molecule has 4 nitrogen and oxygen atoms in total. The number of hydrogen-bond donors (Lipinski definition) is 0. The van der Waals surface area contributed by atoms with E-state index in [1.807, 2.05) is 36.4 Å². The van der Waals surface area contributed by atoms with Crippen LogP contribution in [0, 0.1) is 5.92 Å². The van der Waals surface area contributed by atoms with Gasteiger partial charge in [-0.15, -0.1) is 0 Å². The highest BCUT2D eigenvalue weighted by molar-refractivity contribution is 5.98. The van der Waals surface area contributed by atoms with Gasteiger partial charge in [-0.25, -0.2) is 4.79 Å². The zero-order chi connectivity index (χ0) is 22.9. The van der Waals surface area contributed by atoms with Crippen molar-refractivity contribution in [1.82, 2.24) is 4.98 Å². The van der Waals surface area contributed by atoms with Gasteiger partial charge in [-0.05, 0) is 54.5 Å². The molecule has 0 unspecified atom stereocenters. The van der Waals surface area contributed by atoms with E-state index in [9.17, 15) is 4.79 Å². The maximum atomic E-state index is 12.9. The van der Waals surface area contributed by atoms with Crippen LogP contribution in [-0.4, -0.2) is 18.1 Å². The maximum absolute atomic E-state index is 12.9. The molecule has 0 aliphatic rings. The number of esters is 1. The lowest BCUT2D eigenvalue weighted by molar-refractivity contribution is 0.0597. The molecular weight excluding hydrogens is 398 g/mol. The molecule has 170 valence electrons. The molecule has 3 rings (SSSR count). The van der Waals surface area contributed by atoms with Crippen LogP contribution < -0.4 is 4.74 Å². The molecule has 0 bridgehead atoms. The first-order valence-corrected chi connectivity index (χ1v) is 11.7.